The Kier molecular flexibility index (Phi) is 5.13. The molecule has 0 aliphatic heterocycles. The number of carbonyl (C=O) groups is 1. The van der Waals surface area contributed by atoms with Crippen LogP contribution in [0.1, 0.15) is 19.8 Å². The predicted octanol–water partition coefficient (Wildman–Crippen LogP) is 1.32. The van der Waals surface area contributed by atoms with E-state index in [1.165, 1.54) is 0 Å². The third-order valence-corrected chi connectivity index (χ3v) is 1.77. The maximum Gasteiger partial charge on any atom is 0.217 e. The molecule has 9 heavy (non-hydrogen) atoms. The quantitative estimate of drug-likeness (QED) is 0.585. The van der Waals surface area contributed by atoms with Gasteiger partial charge in [-0.3, -0.25) is 4.79 Å². The summed E-state index contributed by atoms with van der Waals surface area (Å²) in [5, 5.41) is 0. The van der Waals surface area contributed by atoms with Crippen LogP contribution >= 0.6 is 22.6 Å². The molecule has 0 aromatic carbocycles. The van der Waals surface area contributed by atoms with Crippen LogP contribution in [-0.2, 0) is 4.79 Å². The number of hydrogen-bond donors (Lipinski definition) is 1. The van der Waals surface area contributed by atoms with E-state index in [1.54, 1.807) is 0 Å². The zero-order chi connectivity index (χ0) is 7.28. The van der Waals surface area contributed by atoms with Crippen LogP contribution in [-0.4, -0.2) is 10.3 Å². The van der Waals surface area contributed by atoms with E-state index >= 15 is 0 Å². The monoisotopic (exact) mass is 241 g/mol. The summed E-state index contributed by atoms with van der Waals surface area (Å²) in [4.78, 5) is 10.3. The average Bonchev–Trinajstić information content (AvgIpc) is 1.63. The van der Waals surface area contributed by atoms with Gasteiger partial charge < -0.3 is 5.73 Å². The van der Waals surface area contributed by atoms with Crippen molar-refractivity contribution in [1.82, 2.24) is 0 Å². The van der Waals surface area contributed by atoms with E-state index in [1.807, 2.05) is 6.92 Å². The SMILES string of the molecule is CC(CCI)CC(N)=O. The summed E-state index contributed by atoms with van der Waals surface area (Å²) in [7, 11) is 0. The van der Waals surface area contributed by atoms with Crippen molar-refractivity contribution in [3.05, 3.63) is 0 Å². The number of rotatable bonds is 4. The van der Waals surface area contributed by atoms with Crippen molar-refractivity contribution >= 4 is 28.5 Å². The predicted molar refractivity (Wildman–Crippen MR) is 46.5 cm³/mol. The van der Waals surface area contributed by atoms with Gasteiger partial charge in [0.05, 0.1) is 0 Å². The van der Waals surface area contributed by atoms with Crippen LogP contribution in [0.3, 0.4) is 0 Å². The Morgan fingerprint density at radius 3 is 2.67 bits per heavy atom. The zero-order valence-corrected chi connectivity index (χ0v) is 7.72. The molecule has 0 bridgehead atoms. The van der Waals surface area contributed by atoms with Crippen LogP contribution in [0.15, 0.2) is 0 Å². The topological polar surface area (TPSA) is 43.1 Å². The van der Waals surface area contributed by atoms with Crippen molar-refractivity contribution in [3.8, 4) is 0 Å². The second-order valence-electron chi connectivity index (χ2n) is 2.25. The Morgan fingerprint density at radius 2 is 2.33 bits per heavy atom. The van der Waals surface area contributed by atoms with Crippen molar-refractivity contribution in [2.24, 2.45) is 11.7 Å². The molecule has 2 nitrogen and oxygen atoms in total. The lowest BCUT2D eigenvalue weighted by Crippen LogP contribution is -2.14. The van der Waals surface area contributed by atoms with E-state index in [4.69, 9.17) is 5.73 Å². The zero-order valence-electron chi connectivity index (χ0n) is 5.56. The summed E-state index contributed by atoms with van der Waals surface area (Å²) >= 11 is 2.30. The van der Waals surface area contributed by atoms with Gasteiger partial charge in [0.15, 0.2) is 0 Å². The minimum atomic E-state index is -0.188. The molecule has 1 atom stereocenters. The number of carbonyl (C=O) groups excluding carboxylic acids is 1. The first-order valence-electron chi connectivity index (χ1n) is 3.01. The van der Waals surface area contributed by atoms with Crippen LogP contribution in [0.5, 0.6) is 0 Å². The van der Waals surface area contributed by atoms with Crippen molar-refractivity contribution in [2.45, 2.75) is 19.8 Å². The summed E-state index contributed by atoms with van der Waals surface area (Å²) in [6, 6.07) is 0. The lowest BCUT2D eigenvalue weighted by Gasteiger charge is -2.04. The van der Waals surface area contributed by atoms with Gasteiger partial charge in [0.2, 0.25) is 5.91 Å². The Bertz CT molecular complexity index is 95.1. The smallest absolute Gasteiger partial charge is 0.217 e. The normalized spacial score (nSPS) is 13.1. The highest BCUT2D eigenvalue weighted by molar-refractivity contribution is 14.1. The second-order valence-corrected chi connectivity index (χ2v) is 3.33. The minimum Gasteiger partial charge on any atom is -0.370 e. The van der Waals surface area contributed by atoms with Crippen LogP contribution in [0.2, 0.25) is 0 Å². The van der Waals surface area contributed by atoms with E-state index in [0.29, 0.717) is 12.3 Å². The minimum absolute atomic E-state index is 0.188. The maximum atomic E-state index is 10.3. The van der Waals surface area contributed by atoms with Crippen molar-refractivity contribution in [3.63, 3.8) is 0 Å². The fraction of sp³-hybridized carbons (Fsp3) is 0.833. The van der Waals surface area contributed by atoms with Crippen LogP contribution in [0, 0.1) is 5.92 Å². The highest BCUT2D eigenvalue weighted by Crippen LogP contribution is 2.07. The van der Waals surface area contributed by atoms with Gasteiger partial charge >= 0.3 is 0 Å². The van der Waals surface area contributed by atoms with Crippen molar-refractivity contribution < 1.29 is 4.79 Å². The summed E-state index contributed by atoms with van der Waals surface area (Å²) in [5.41, 5.74) is 4.98. The van der Waals surface area contributed by atoms with Gasteiger partial charge in [-0.25, -0.2) is 0 Å². The van der Waals surface area contributed by atoms with Gasteiger partial charge in [-0.1, -0.05) is 29.5 Å². The van der Waals surface area contributed by atoms with Gasteiger partial charge in [0.1, 0.15) is 0 Å². The molecule has 0 heterocycles. The van der Waals surface area contributed by atoms with Gasteiger partial charge in [0.25, 0.3) is 0 Å². The summed E-state index contributed by atoms with van der Waals surface area (Å²) in [5.74, 6) is 0.270. The number of nitrogens with two attached hydrogens (primary N) is 1. The molecule has 0 spiro atoms. The fourth-order valence-electron chi connectivity index (χ4n) is 0.632. The molecule has 1 unspecified atom stereocenters. The summed E-state index contributed by atoms with van der Waals surface area (Å²) in [6.45, 7) is 2.05. The first-order chi connectivity index (χ1) is 4.16. The van der Waals surface area contributed by atoms with E-state index in [2.05, 4.69) is 22.6 Å². The Hall–Kier alpha value is 0.200. The van der Waals surface area contributed by atoms with Crippen molar-refractivity contribution in [1.29, 1.82) is 0 Å². The van der Waals surface area contributed by atoms with Crippen LogP contribution < -0.4 is 5.73 Å². The average molecular weight is 241 g/mol. The van der Waals surface area contributed by atoms with Gasteiger partial charge in [-0.2, -0.15) is 0 Å². The maximum absolute atomic E-state index is 10.3. The lowest BCUT2D eigenvalue weighted by atomic mass is 10.1. The molecular weight excluding hydrogens is 229 g/mol. The number of primary amides is 1. The van der Waals surface area contributed by atoms with E-state index in [9.17, 15) is 4.79 Å². The molecule has 0 aliphatic carbocycles. The molecule has 3 heteroatoms. The highest BCUT2D eigenvalue weighted by atomic mass is 127. The second kappa shape index (κ2) is 5.02. The molecule has 0 radical (unpaired) electrons. The lowest BCUT2D eigenvalue weighted by molar-refractivity contribution is -0.118. The Balaban J connectivity index is 3.26. The van der Waals surface area contributed by atoms with Crippen molar-refractivity contribution in [2.75, 3.05) is 4.43 Å². The van der Waals surface area contributed by atoms with Gasteiger partial charge in [-0.15, -0.1) is 0 Å². The molecule has 0 aromatic rings. The fourth-order valence-corrected chi connectivity index (χ4v) is 1.69. The molecule has 0 saturated carbocycles. The van der Waals surface area contributed by atoms with E-state index in [-0.39, 0.29) is 5.91 Å². The van der Waals surface area contributed by atoms with Gasteiger partial charge in [-0.05, 0) is 16.8 Å². The molecule has 2 N–H and O–H groups in total. The highest BCUT2D eigenvalue weighted by Gasteiger charge is 2.03. The Labute approximate surface area is 69.3 Å². The van der Waals surface area contributed by atoms with Crippen LogP contribution in [0.25, 0.3) is 0 Å². The standard InChI is InChI=1S/C6H12INO/c1-5(2-3-7)4-6(8)9/h5H,2-4H2,1H3,(H2,8,9). The summed E-state index contributed by atoms with van der Waals surface area (Å²) < 4.78 is 1.10. The van der Waals surface area contributed by atoms with Crippen LogP contribution in [0.4, 0.5) is 0 Å². The molecular formula is C6H12INO. The number of alkyl halides is 1. The molecule has 0 aliphatic rings. The third kappa shape index (κ3) is 6.08. The number of hydrogen-bond acceptors (Lipinski definition) is 1. The molecule has 0 saturated heterocycles. The molecule has 0 aromatic heterocycles. The molecule has 0 fully saturated rings. The third-order valence-electron chi connectivity index (χ3n) is 1.15. The summed E-state index contributed by atoms with van der Waals surface area (Å²) in [6.07, 6.45) is 1.62. The first-order valence-corrected chi connectivity index (χ1v) is 4.53. The Morgan fingerprint density at radius 1 is 1.78 bits per heavy atom. The molecule has 0 rings (SSSR count). The van der Waals surface area contributed by atoms with Gasteiger partial charge in [0, 0.05) is 6.42 Å². The number of amides is 1. The largest absolute Gasteiger partial charge is 0.370 e. The number of halogens is 1. The molecule has 1 amide bonds. The molecule has 54 valence electrons. The van der Waals surface area contributed by atoms with E-state index < -0.39 is 0 Å². The van der Waals surface area contributed by atoms with E-state index in [0.717, 1.165) is 10.8 Å². The first kappa shape index (κ1) is 9.20.